The summed E-state index contributed by atoms with van der Waals surface area (Å²) in [5, 5.41) is 19.3. The maximum absolute atomic E-state index is 10.7. The van der Waals surface area contributed by atoms with E-state index in [1.807, 2.05) is 0 Å². The van der Waals surface area contributed by atoms with Crippen LogP contribution in [0.4, 0.5) is 5.69 Å². The number of ether oxygens (including phenoxy) is 1. The number of hydrogen-bond acceptors (Lipinski definition) is 4. The van der Waals surface area contributed by atoms with Gasteiger partial charge in [0, 0.05) is 12.7 Å². The number of methoxy groups -OCH3 is 1. The van der Waals surface area contributed by atoms with Crippen LogP contribution in [0.5, 0.6) is 5.75 Å². The van der Waals surface area contributed by atoms with Crippen LogP contribution in [0, 0.1) is 10.1 Å². The lowest BCUT2D eigenvalue weighted by atomic mass is 10.1. The van der Waals surface area contributed by atoms with Gasteiger partial charge in [0.1, 0.15) is 5.75 Å². The first kappa shape index (κ1) is 12.2. The van der Waals surface area contributed by atoms with Gasteiger partial charge < -0.3 is 9.84 Å². The Balaban J connectivity index is 3.05. The Morgan fingerprint density at radius 3 is 2.88 bits per heavy atom. The Hall–Kier alpha value is -1.88. The average molecular weight is 223 g/mol. The van der Waals surface area contributed by atoms with Crippen molar-refractivity contribution in [3.63, 3.8) is 0 Å². The highest BCUT2D eigenvalue weighted by Crippen LogP contribution is 2.25. The van der Waals surface area contributed by atoms with Gasteiger partial charge >= 0.3 is 0 Å². The van der Waals surface area contributed by atoms with Crippen molar-refractivity contribution >= 4 is 11.8 Å². The number of hydrogen-bond donors (Lipinski definition) is 1. The van der Waals surface area contributed by atoms with Crippen LogP contribution in [0.1, 0.15) is 12.0 Å². The van der Waals surface area contributed by atoms with Crippen LogP contribution in [-0.4, -0.2) is 23.7 Å². The van der Waals surface area contributed by atoms with E-state index in [0.29, 0.717) is 17.7 Å². The first-order valence-corrected chi connectivity index (χ1v) is 4.79. The van der Waals surface area contributed by atoms with Crippen LogP contribution in [0.3, 0.4) is 0 Å². The zero-order valence-electron chi connectivity index (χ0n) is 8.92. The Kier molecular flexibility index (Phi) is 4.47. The lowest BCUT2D eigenvalue weighted by Gasteiger charge is -2.02. The van der Waals surface area contributed by atoms with E-state index in [1.54, 1.807) is 24.3 Å². The van der Waals surface area contributed by atoms with Gasteiger partial charge in [0.2, 0.25) is 0 Å². The second-order valence-corrected chi connectivity index (χ2v) is 3.10. The lowest BCUT2D eigenvalue weighted by molar-refractivity contribution is -0.385. The van der Waals surface area contributed by atoms with E-state index in [0.717, 1.165) is 0 Å². The smallest absolute Gasteiger partial charge is 0.276 e. The van der Waals surface area contributed by atoms with E-state index < -0.39 is 4.92 Å². The quantitative estimate of drug-likeness (QED) is 0.612. The Labute approximate surface area is 93.1 Å². The molecule has 0 bridgehead atoms. The normalized spacial score (nSPS) is 10.6. The maximum atomic E-state index is 10.7. The van der Waals surface area contributed by atoms with E-state index in [9.17, 15) is 10.1 Å². The molecule has 1 aromatic carbocycles. The van der Waals surface area contributed by atoms with Crippen molar-refractivity contribution in [2.24, 2.45) is 0 Å². The van der Waals surface area contributed by atoms with Gasteiger partial charge in [0.25, 0.3) is 5.69 Å². The van der Waals surface area contributed by atoms with Gasteiger partial charge in [0.15, 0.2) is 0 Å². The molecular formula is C11H13NO4. The third-order valence-corrected chi connectivity index (χ3v) is 2.02. The van der Waals surface area contributed by atoms with Crippen LogP contribution in [0.25, 0.3) is 6.08 Å². The molecule has 1 N–H and O–H groups in total. The molecule has 16 heavy (non-hydrogen) atoms. The predicted molar refractivity (Wildman–Crippen MR) is 60.4 cm³/mol. The molecule has 0 radical (unpaired) electrons. The molecule has 1 aromatic rings. The van der Waals surface area contributed by atoms with Gasteiger partial charge in [0.05, 0.1) is 17.6 Å². The monoisotopic (exact) mass is 223 g/mol. The van der Waals surface area contributed by atoms with Crippen LogP contribution < -0.4 is 4.74 Å². The van der Waals surface area contributed by atoms with Gasteiger partial charge in [-0.2, -0.15) is 0 Å². The summed E-state index contributed by atoms with van der Waals surface area (Å²) in [5.74, 6) is 0.564. The highest BCUT2D eigenvalue weighted by Gasteiger charge is 2.11. The maximum Gasteiger partial charge on any atom is 0.276 e. The number of nitrogens with zero attached hydrogens (tertiary/aromatic N) is 1. The average Bonchev–Trinajstić information content (AvgIpc) is 2.29. The first-order valence-electron chi connectivity index (χ1n) is 4.79. The molecule has 0 aromatic heterocycles. The van der Waals surface area contributed by atoms with Gasteiger partial charge in [-0.25, -0.2) is 0 Å². The standard InChI is InChI=1S/C11H13NO4/c1-16-10-5-6-11(12(14)15)9(8-10)4-2-3-7-13/h2,4-6,8,13H,3,7H2,1H3. The zero-order valence-corrected chi connectivity index (χ0v) is 8.92. The van der Waals surface area contributed by atoms with Crippen molar-refractivity contribution in [1.82, 2.24) is 0 Å². The molecule has 0 fully saturated rings. The predicted octanol–water partition coefficient (Wildman–Crippen LogP) is 2.00. The molecule has 0 aliphatic heterocycles. The summed E-state index contributed by atoms with van der Waals surface area (Å²) in [4.78, 5) is 10.3. The van der Waals surface area contributed by atoms with Crippen molar-refractivity contribution in [1.29, 1.82) is 0 Å². The molecule has 0 saturated carbocycles. The molecular weight excluding hydrogens is 210 g/mol. The summed E-state index contributed by atoms with van der Waals surface area (Å²) in [6.45, 7) is 0.0221. The SMILES string of the molecule is COc1ccc([N+](=O)[O-])c(C=CCCO)c1. The fourth-order valence-corrected chi connectivity index (χ4v) is 1.24. The number of aliphatic hydroxyl groups is 1. The van der Waals surface area contributed by atoms with Gasteiger partial charge in [-0.05, 0) is 18.6 Å². The lowest BCUT2D eigenvalue weighted by Crippen LogP contribution is -1.92. The van der Waals surface area contributed by atoms with Gasteiger partial charge in [-0.15, -0.1) is 0 Å². The van der Waals surface area contributed by atoms with Gasteiger partial charge in [-0.1, -0.05) is 12.2 Å². The number of aliphatic hydroxyl groups excluding tert-OH is 1. The van der Waals surface area contributed by atoms with E-state index in [2.05, 4.69) is 0 Å². The number of rotatable bonds is 5. The Morgan fingerprint density at radius 2 is 2.31 bits per heavy atom. The molecule has 0 heterocycles. The van der Waals surface area contributed by atoms with Crippen LogP contribution in [0.15, 0.2) is 24.3 Å². The van der Waals surface area contributed by atoms with E-state index in [-0.39, 0.29) is 12.3 Å². The minimum Gasteiger partial charge on any atom is -0.497 e. The summed E-state index contributed by atoms with van der Waals surface area (Å²) in [7, 11) is 1.50. The van der Waals surface area contributed by atoms with Crippen molar-refractivity contribution in [2.75, 3.05) is 13.7 Å². The van der Waals surface area contributed by atoms with Crippen molar-refractivity contribution < 1.29 is 14.8 Å². The summed E-state index contributed by atoms with van der Waals surface area (Å²) in [6.07, 6.45) is 3.76. The second-order valence-electron chi connectivity index (χ2n) is 3.10. The molecule has 0 saturated heterocycles. The summed E-state index contributed by atoms with van der Waals surface area (Å²) < 4.78 is 4.99. The van der Waals surface area contributed by atoms with E-state index >= 15 is 0 Å². The number of benzene rings is 1. The summed E-state index contributed by atoms with van der Waals surface area (Å²) in [5.41, 5.74) is 0.493. The topological polar surface area (TPSA) is 72.6 Å². The largest absolute Gasteiger partial charge is 0.497 e. The molecule has 0 amide bonds. The fraction of sp³-hybridized carbons (Fsp3) is 0.273. The van der Waals surface area contributed by atoms with E-state index in [1.165, 1.54) is 13.2 Å². The molecule has 5 nitrogen and oxygen atoms in total. The van der Waals surface area contributed by atoms with Crippen LogP contribution in [-0.2, 0) is 0 Å². The van der Waals surface area contributed by atoms with Crippen molar-refractivity contribution in [3.8, 4) is 5.75 Å². The van der Waals surface area contributed by atoms with Crippen molar-refractivity contribution in [3.05, 3.63) is 40.0 Å². The van der Waals surface area contributed by atoms with E-state index in [4.69, 9.17) is 9.84 Å². The van der Waals surface area contributed by atoms with Crippen LogP contribution in [0.2, 0.25) is 0 Å². The summed E-state index contributed by atoms with van der Waals surface area (Å²) >= 11 is 0. The minimum atomic E-state index is -0.446. The molecule has 0 aliphatic rings. The zero-order chi connectivity index (χ0) is 12.0. The molecule has 5 heteroatoms. The highest BCUT2D eigenvalue weighted by molar-refractivity contribution is 5.62. The molecule has 86 valence electrons. The Bertz CT molecular complexity index is 401. The second kappa shape index (κ2) is 5.87. The molecule has 1 rings (SSSR count). The number of nitro benzene ring substituents is 1. The van der Waals surface area contributed by atoms with Crippen LogP contribution >= 0.6 is 0 Å². The fourth-order valence-electron chi connectivity index (χ4n) is 1.24. The van der Waals surface area contributed by atoms with Crippen molar-refractivity contribution in [2.45, 2.75) is 6.42 Å². The molecule has 0 atom stereocenters. The third-order valence-electron chi connectivity index (χ3n) is 2.02. The van der Waals surface area contributed by atoms with Gasteiger partial charge in [-0.3, -0.25) is 10.1 Å². The third kappa shape index (κ3) is 3.06. The first-order chi connectivity index (χ1) is 7.69. The Morgan fingerprint density at radius 1 is 1.56 bits per heavy atom. The molecule has 0 spiro atoms. The molecule has 0 aliphatic carbocycles. The highest BCUT2D eigenvalue weighted by atomic mass is 16.6. The number of nitro groups is 1. The summed E-state index contributed by atoms with van der Waals surface area (Å²) in [6, 6.07) is 4.53. The molecule has 0 unspecified atom stereocenters. The minimum absolute atomic E-state index is 0.0221.